The predicted molar refractivity (Wildman–Crippen MR) is 75.1 cm³/mol. The zero-order valence-electron chi connectivity index (χ0n) is 11.5. The van der Waals surface area contributed by atoms with E-state index < -0.39 is 0 Å². The monoisotopic (exact) mass is 246 g/mol. The lowest BCUT2D eigenvalue weighted by atomic mass is 9.72. The fraction of sp³-hybridized carbons (Fsp3) is 0.529. The highest BCUT2D eigenvalue weighted by molar-refractivity contribution is 5.24. The maximum atomic E-state index is 13.0. The number of hydrogen-bond donors (Lipinski definition) is 0. The van der Waals surface area contributed by atoms with Crippen molar-refractivity contribution < 1.29 is 4.39 Å². The molecule has 0 radical (unpaired) electrons. The van der Waals surface area contributed by atoms with Gasteiger partial charge in [0, 0.05) is 0 Å². The second-order valence-electron chi connectivity index (χ2n) is 6.29. The SMILES string of the molecule is C=C1CCC(CC(C)(C)c2ccc(F)cc2)CC1. The molecule has 0 spiro atoms. The zero-order chi connectivity index (χ0) is 13.2. The van der Waals surface area contributed by atoms with Crippen molar-refractivity contribution in [2.75, 3.05) is 0 Å². The van der Waals surface area contributed by atoms with Crippen molar-refractivity contribution in [1.82, 2.24) is 0 Å². The first kappa shape index (κ1) is 13.3. The van der Waals surface area contributed by atoms with Crippen molar-refractivity contribution in [3.8, 4) is 0 Å². The van der Waals surface area contributed by atoms with E-state index in [1.165, 1.54) is 43.2 Å². The van der Waals surface area contributed by atoms with Crippen LogP contribution in [0.1, 0.15) is 51.5 Å². The minimum atomic E-state index is -0.150. The molecule has 98 valence electrons. The molecule has 1 aliphatic carbocycles. The van der Waals surface area contributed by atoms with Crippen molar-refractivity contribution in [2.24, 2.45) is 5.92 Å². The summed E-state index contributed by atoms with van der Waals surface area (Å²) in [7, 11) is 0. The smallest absolute Gasteiger partial charge is 0.123 e. The average molecular weight is 246 g/mol. The Bertz CT molecular complexity index is 404. The van der Waals surface area contributed by atoms with Crippen molar-refractivity contribution in [2.45, 2.75) is 51.4 Å². The number of hydrogen-bond acceptors (Lipinski definition) is 0. The van der Waals surface area contributed by atoms with Crippen molar-refractivity contribution >= 4 is 0 Å². The highest BCUT2D eigenvalue weighted by Crippen LogP contribution is 2.37. The van der Waals surface area contributed by atoms with Gasteiger partial charge in [0.05, 0.1) is 0 Å². The summed E-state index contributed by atoms with van der Waals surface area (Å²) in [4.78, 5) is 0. The minimum absolute atomic E-state index is 0.136. The average Bonchev–Trinajstić information content (AvgIpc) is 2.32. The van der Waals surface area contributed by atoms with Crippen LogP contribution in [-0.2, 0) is 5.41 Å². The zero-order valence-corrected chi connectivity index (χ0v) is 11.5. The van der Waals surface area contributed by atoms with Gasteiger partial charge in [-0.2, -0.15) is 0 Å². The Kier molecular flexibility index (Phi) is 3.89. The van der Waals surface area contributed by atoms with E-state index in [1.807, 2.05) is 12.1 Å². The Morgan fingerprint density at radius 1 is 1.17 bits per heavy atom. The van der Waals surface area contributed by atoms with Crippen LogP contribution in [-0.4, -0.2) is 0 Å². The third-order valence-corrected chi connectivity index (χ3v) is 4.24. The number of allylic oxidation sites excluding steroid dienone is 1. The molecular formula is C17H23F. The molecular weight excluding hydrogens is 223 g/mol. The van der Waals surface area contributed by atoms with Gasteiger partial charge in [-0.25, -0.2) is 4.39 Å². The van der Waals surface area contributed by atoms with Gasteiger partial charge in [-0.1, -0.05) is 38.1 Å². The summed E-state index contributed by atoms with van der Waals surface area (Å²) in [6, 6.07) is 6.99. The molecule has 1 heteroatoms. The van der Waals surface area contributed by atoms with Gasteiger partial charge < -0.3 is 0 Å². The van der Waals surface area contributed by atoms with Gasteiger partial charge in [0.1, 0.15) is 5.82 Å². The second kappa shape index (κ2) is 5.26. The molecule has 0 atom stereocenters. The first-order valence-corrected chi connectivity index (χ1v) is 6.90. The van der Waals surface area contributed by atoms with Gasteiger partial charge in [-0.05, 0) is 61.1 Å². The Morgan fingerprint density at radius 2 is 1.72 bits per heavy atom. The molecule has 2 rings (SSSR count). The quantitative estimate of drug-likeness (QED) is 0.640. The van der Waals surface area contributed by atoms with Gasteiger partial charge >= 0.3 is 0 Å². The minimum Gasteiger partial charge on any atom is -0.207 e. The molecule has 0 amide bonds. The van der Waals surface area contributed by atoms with Gasteiger partial charge in [-0.15, -0.1) is 0 Å². The standard InChI is InChI=1S/C17H23F/c1-13-4-6-14(7-5-13)12-17(2,3)15-8-10-16(18)11-9-15/h8-11,14H,1,4-7,12H2,2-3H3. The van der Waals surface area contributed by atoms with Crippen LogP contribution in [0.15, 0.2) is 36.4 Å². The second-order valence-corrected chi connectivity index (χ2v) is 6.29. The van der Waals surface area contributed by atoms with E-state index >= 15 is 0 Å². The lowest BCUT2D eigenvalue weighted by Gasteiger charge is -2.33. The third kappa shape index (κ3) is 3.22. The number of rotatable bonds is 3. The van der Waals surface area contributed by atoms with Crippen LogP contribution in [0.25, 0.3) is 0 Å². The topological polar surface area (TPSA) is 0 Å². The van der Waals surface area contributed by atoms with Crippen molar-refractivity contribution in [1.29, 1.82) is 0 Å². The first-order chi connectivity index (χ1) is 8.47. The molecule has 0 N–H and O–H groups in total. The van der Waals surface area contributed by atoms with Crippen LogP contribution in [0.4, 0.5) is 4.39 Å². The maximum absolute atomic E-state index is 13.0. The van der Waals surface area contributed by atoms with Crippen molar-refractivity contribution in [3.63, 3.8) is 0 Å². The molecule has 1 fully saturated rings. The maximum Gasteiger partial charge on any atom is 0.123 e. The summed E-state index contributed by atoms with van der Waals surface area (Å²) < 4.78 is 13.0. The summed E-state index contributed by atoms with van der Waals surface area (Å²) in [6.45, 7) is 8.61. The predicted octanol–water partition coefficient (Wildman–Crippen LogP) is 5.24. The largest absolute Gasteiger partial charge is 0.207 e. The molecule has 0 aliphatic heterocycles. The lowest BCUT2D eigenvalue weighted by Crippen LogP contribution is -2.23. The van der Waals surface area contributed by atoms with E-state index in [0.717, 1.165) is 5.92 Å². The molecule has 18 heavy (non-hydrogen) atoms. The normalized spacial score (nSPS) is 18.1. The van der Waals surface area contributed by atoms with E-state index in [0.29, 0.717) is 0 Å². The fourth-order valence-electron chi connectivity index (χ4n) is 3.03. The molecule has 0 saturated heterocycles. The Morgan fingerprint density at radius 3 is 2.28 bits per heavy atom. The van der Waals surface area contributed by atoms with Crippen LogP contribution in [0.5, 0.6) is 0 Å². The molecule has 0 unspecified atom stereocenters. The van der Waals surface area contributed by atoms with Crippen LogP contribution in [0, 0.1) is 11.7 Å². The summed E-state index contributed by atoms with van der Waals surface area (Å²) in [5, 5.41) is 0. The highest BCUT2D eigenvalue weighted by Gasteiger charge is 2.26. The molecule has 0 aromatic heterocycles. The Labute approximate surface area is 110 Å². The van der Waals surface area contributed by atoms with Gasteiger partial charge in [0.25, 0.3) is 0 Å². The number of benzene rings is 1. The lowest BCUT2D eigenvalue weighted by molar-refractivity contribution is 0.306. The van der Waals surface area contributed by atoms with Crippen LogP contribution in [0.3, 0.4) is 0 Å². The molecule has 1 aromatic rings. The molecule has 0 bridgehead atoms. The van der Waals surface area contributed by atoms with Gasteiger partial charge in [0.15, 0.2) is 0 Å². The summed E-state index contributed by atoms with van der Waals surface area (Å²) in [5.74, 6) is 0.638. The van der Waals surface area contributed by atoms with Crippen LogP contribution in [0.2, 0.25) is 0 Å². The van der Waals surface area contributed by atoms with Gasteiger partial charge in [-0.3, -0.25) is 0 Å². The van der Waals surface area contributed by atoms with Crippen LogP contribution >= 0.6 is 0 Å². The van der Waals surface area contributed by atoms with E-state index in [1.54, 1.807) is 12.1 Å². The Hall–Kier alpha value is -1.11. The first-order valence-electron chi connectivity index (χ1n) is 6.90. The summed E-state index contributed by atoms with van der Waals surface area (Å²) in [5.41, 5.74) is 2.79. The molecule has 0 heterocycles. The molecule has 0 nitrogen and oxygen atoms in total. The van der Waals surface area contributed by atoms with E-state index in [9.17, 15) is 4.39 Å². The van der Waals surface area contributed by atoms with E-state index in [2.05, 4.69) is 20.4 Å². The summed E-state index contributed by atoms with van der Waals surface area (Å²) in [6.07, 6.45) is 6.09. The molecule has 1 aliphatic rings. The summed E-state index contributed by atoms with van der Waals surface area (Å²) >= 11 is 0. The Balaban J connectivity index is 2.02. The van der Waals surface area contributed by atoms with E-state index in [-0.39, 0.29) is 11.2 Å². The van der Waals surface area contributed by atoms with Crippen LogP contribution < -0.4 is 0 Å². The molecule has 1 aromatic carbocycles. The van der Waals surface area contributed by atoms with E-state index in [4.69, 9.17) is 0 Å². The highest BCUT2D eigenvalue weighted by atomic mass is 19.1. The third-order valence-electron chi connectivity index (χ3n) is 4.24. The fourth-order valence-corrected chi connectivity index (χ4v) is 3.03. The van der Waals surface area contributed by atoms with Crippen molar-refractivity contribution in [3.05, 3.63) is 47.8 Å². The number of halogens is 1. The molecule has 1 saturated carbocycles. The van der Waals surface area contributed by atoms with Gasteiger partial charge in [0.2, 0.25) is 0 Å².